The van der Waals surface area contributed by atoms with E-state index in [1.54, 1.807) is 0 Å². The van der Waals surface area contributed by atoms with Gasteiger partial charge in [0.05, 0.1) is 0 Å². The second kappa shape index (κ2) is 3.37. The Morgan fingerprint density at radius 3 is 2.25 bits per heavy atom. The zero-order chi connectivity index (χ0) is 7.73. The molecule has 0 radical (unpaired) electrons. The molecule has 0 aliphatic heterocycles. The summed E-state index contributed by atoms with van der Waals surface area (Å²) in [6, 6.07) is 0. The van der Waals surface area contributed by atoms with Crippen LogP contribution in [0.3, 0.4) is 0 Å². The Morgan fingerprint density at radius 1 is 1.25 bits per heavy atom. The van der Waals surface area contributed by atoms with Gasteiger partial charge in [-0.2, -0.15) is 0 Å². The van der Waals surface area contributed by atoms with E-state index in [0.717, 1.165) is 18.4 Å². The summed E-state index contributed by atoms with van der Waals surface area (Å²) in [6.07, 6.45) is 8.52. The van der Waals surface area contributed by atoms with Crippen molar-refractivity contribution in [2.75, 3.05) is 0 Å². The van der Waals surface area contributed by atoms with Crippen molar-refractivity contribution in [3.05, 3.63) is 24.3 Å². The molecule has 2 rings (SSSR count). The quantitative estimate of drug-likeness (QED) is 0.716. The SMILES string of the molecule is Cl.NC1(c2cncnc2)CCC1. The maximum atomic E-state index is 6.04. The van der Waals surface area contributed by atoms with E-state index in [-0.39, 0.29) is 17.9 Å². The monoisotopic (exact) mass is 185 g/mol. The van der Waals surface area contributed by atoms with E-state index in [1.807, 2.05) is 12.4 Å². The lowest BCUT2D eigenvalue weighted by Gasteiger charge is -2.37. The maximum absolute atomic E-state index is 6.04. The molecule has 1 fully saturated rings. The van der Waals surface area contributed by atoms with Crippen LogP contribution >= 0.6 is 12.4 Å². The maximum Gasteiger partial charge on any atom is 0.115 e. The molecule has 0 bridgehead atoms. The van der Waals surface area contributed by atoms with Gasteiger partial charge in [0.1, 0.15) is 6.33 Å². The number of rotatable bonds is 1. The number of hydrogen-bond acceptors (Lipinski definition) is 3. The first-order valence-corrected chi connectivity index (χ1v) is 3.86. The average molecular weight is 186 g/mol. The molecule has 0 aromatic carbocycles. The van der Waals surface area contributed by atoms with Crippen molar-refractivity contribution in [2.24, 2.45) is 5.73 Å². The predicted octanol–water partition coefficient (Wildman–Crippen LogP) is 1.24. The third kappa shape index (κ3) is 1.42. The van der Waals surface area contributed by atoms with Crippen LogP contribution in [-0.4, -0.2) is 9.97 Å². The van der Waals surface area contributed by atoms with Crippen LogP contribution in [0.5, 0.6) is 0 Å². The molecule has 66 valence electrons. The van der Waals surface area contributed by atoms with Gasteiger partial charge in [-0.3, -0.25) is 0 Å². The Labute approximate surface area is 77.8 Å². The Hall–Kier alpha value is -0.670. The third-order valence-corrected chi connectivity index (χ3v) is 2.38. The van der Waals surface area contributed by atoms with Crippen LogP contribution in [0, 0.1) is 0 Å². The summed E-state index contributed by atoms with van der Waals surface area (Å²) in [6.45, 7) is 0. The molecule has 0 unspecified atom stereocenters. The fourth-order valence-electron chi connectivity index (χ4n) is 1.40. The minimum absolute atomic E-state index is 0. The highest BCUT2D eigenvalue weighted by Gasteiger charge is 2.34. The highest BCUT2D eigenvalue weighted by Crippen LogP contribution is 2.37. The number of hydrogen-bond donors (Lipinski definition) is 1. The number of halogens is 1. The normalized spacial score (nSPS) is 19.1. The molecule has 0 atom stereocenters. The van der Waals surface area contributed by atoms with E-state index in [9.17, 15) is 0 Å². The van der Waals surface area contributed by atoms with Crippen molar-refractivity contribution in [2.45, 2.75) is 24.8 Å². The van der Waals surface area contributed by atoms with Crippen molar-refractivity contribution in [1.29, 1.82) is 0 Å². The first-order chi connectivity index (χ1) is 5.31. The van der Waals surface area contributed by atoms with Gasteiger partial charge in [-0.25, -0.2) is 9.97 Å². The van der Waals surface area contributed by atoms with E-state index >= 15 is 0 Å². The summed E-state index contributed by atoms with van der Waals surface area (Å²) < 4.78 is 0. The van der Waals surface area contributed by atoms with E-state index in [0.29, 0.717) is 0 Å². The minimum atomic E-state index is -0.110. The summed E-state index contributed by atoms with van der Waals surface area (Å²) in [5.74, 6) is 0. The lowest BCUT2D eigenvalue weighted by atomic mass is 9.74. The Bertz CT molecular complexity index is 246. The van der Waals surface area contributed by atoms with E-state index in [2.05, 4.69) is 9.97 Å². The van der Waals surface area contributed by atoms with Crippen molar-refractivity contribution in [3.63, 3.8) is 0 Å². The predicted molar refractivity (Wildman–Crippen MR) is 49.0 cm³/mol. The van der Waals surface area contributed by atoms with Gasteiger partial charge in [-0.15, -0.1) is 12.4 Å². The van der Waals surface area contributed by atoms with Crippen molar-refractivity contribution in [1.82, 2.24) is 9.97 Å². The molecule has 12 heavy (non-hydrogen) atoms. The number of nitrogens with two attached hydrogens (primary N) is 1. The van der Waals surface area contributed by atoms with Crippen LogP contribution in [0.1, 0.15) is 24.8 Å². The highest BCUT2D eigenvalue weighted by atomic mass is 35.5. The van der Waals surface area contributed by atoms with Crippen molar-refractivity contribution >= 4 is 12.4 Å². The van der Waals surface area contributed by atoms with Crippen LogP contribution < -0.4 is 5.73 Å². The Morgan fingerprint density at radius 2 is 1.83 bits per heavy atom. The first-order valence-electron chi connectivity index (χ1n) is 3.86. The van der Waals surface area contributed by atoms with Gasteiger partial charge in [-0.05, 0) is 19.3 Å². The largest absolute Gasteiger partial charge is 0.321 e. The second-order valence-electron chi connectivity index (χ2n) is 3.14. The molecule has 1 heterocycles. The molecule has 0 amide bonds. The molecule has 4 heteroatoms. The van der Waals surface area contributed by atoms with Gasteiger partial charge in [0.25, 0.3) is 0 Å². The van der Waals surface area contributed by atoms with Gasteiger partial charge in [0.15, 0.2) is 0 Å². The first kappa shape index (κ1) is 9.42. The standard InChI is InChI=1S/C8H11N3.ClH/c9-8(2-1-3-8)7-4-10-6-11-5-7;/h4-6H,1-3,9H2;1H. The lowest BCUT2D eigenvalue weighted by Crippen LogP contribution is -2.43. The zero-order valence-corrected chi connectivity index (χ0v) is 7.55. The fourth-order valence-corrected chi connectivity index (χ4v) is 1.40. The van der Waals surface area contributed by atoms with E-state index in [4.69, 9.17) is 5.73 Å². The summed E-state index contributed by atoms with van der Waals surface area (Å²) in [5.41, 5.74) is 7.01. The summed E-state index contributed by atoms with van der Waals surface area (Å²) in [4.78, 5) is 7.88. The molecule has 1 aliphatic rings. The van der Waals surface area contributed by atoms with Gasteiger partial charge < -0.3 is 5.73 Å². The summed E-state index contributed by atoms with van der Waals surface area (Å²) in [7, 11) is 0. The van der Waals surface area contributed by atoms with Crippen molar-refractivity contribution in [3.8, 4) is 0 Å². The van der Waals surface area contributed by atoms with Gasteiger partial charge in [-0.1, -0.05) is 0 Å². The molecular weight excluding hydrogens is 174 g/mol. The smallest absolute Gasteiger partial charge is 0.115 e. The molecule has 0 spiro atoms. The van der Waals surface area contributed by atoms with Gasteiger partial charge in [0, 0.05) is 23.5 Å². The molecule has 0 saturated heterocycles. The molecule has 1 aromatic heterocycles. The zero-order valence-electron chi connectivity index (χ0n) is 6.73. The van der Waals surface area contributed by atoms with E-state index in [1.165, 1.54) is 12.7 Å². The molecule has 2 N–H and O–H groups in total. The average Bonchev–Trinajstić information content (AvgIpc) is 2.02. The molecule has 1 saturated carbocycles. The van der Waals surface area contributed by atoms with Gasteiger partial charge >= 0.3 is 0 Å². The Balaban J connectivity index is 0.000000720. The summed E-state index contributed by atoms with van der Waals surface area (Å²) >= 11 is 0. The topological polar surface area (TPSA) is 51.8 Å². The molecule has 3 nitrogen and oxygen atoms in total. The minimum Gasteiger partial charge on any atom is -0.321 e. The Kier molecular flexibility index (Phi) is 2.65. The van der Waals surface area contributed by atoms with Crippen molar-refractivity contribution < 1.29 is 0 Å². The van der Waals surface area contributed by atoms with Crippen LogP contribution in [-0.2, 0) is 5.54 Å². The van der Waals surface area contributed by atoms with E-state index < -0.39 is 0 Å². The number of nitrogens with zero attached hydrogens (tertiary/aromatic N) is 2. The molecule has 1 aromatic rings. The third-order valence-electron chi connectivity index (χ3n) is 2.38. The highest BCUT2D eigenvalue weighted by molar-refractivity contribution is 5.85. The molecular formula is C8H12ClN3. The number of aromatic nitrogens is 2. The van der Waals surface area contributed by atoms with Gasteiger partial charge in [0.2, 0.25) is 0 Å². The summed E-state index contributed by atoms with van der Waals surface area (Å²) in [5, 5.41) is 0. The van der Waals surface area contributed by atoms with Crippen LogP contribution in [0.4, 0.5) is 0 Å². The van der Waals surface area contributed by atoms with Crippen LogP contribution in [0.2, 0.25) is 0 Å². The fraction of sp³-hybridized carbons (Fsp3) is 0.500. The van der Waals surface area contributed by atoms with Crippen LogP contribution in [0.25, 0.3) is 0 Å². The van der Waals surface area contributed by atoms with Crippen LogP contribution in [0.15, 0.2) is 18.7 Å². The molecule has 1 aliphatic carbocycles. The lowest BCUT2D eigenvalue weighted by molar-refractivity contribution is 0.252. The second-order valence-corrected chi connectivity index (χ2v) is 3.14.